The molecular weight excluding hydrogens is 304 g/mol. The molecule has 1 aromatic heterocycles. The van der Waals surface area contributed by atoms with E-state index in [0.29, 0.717) is 34.8 Å². The van der Waals surface area contributed by atoms with Crippen LogP contribution in [0.15, 0.2) is 12.1 Å². The maximum absolute atomic E-state index is 13.2. The fourth-order valence-corrected chi connectivity index (χ4v) is 2.98. The van der Waals surface area contributed by atoms with Crippen molar-refractivity contribution in [2.24, 2.45) is 0 Å². The van der Waals surface area contributed by atoms with Gasteiger partial charge in [-0.1, -0.05) is 6.92 Å². The van der Waals surface area contributed by atoms with Crippen molar-refractivity contribution >= 4 is 5.97 Å². The average molecular weight is 321 g/mol. The number of aromatic amines is 1. The first-order chi connectivity index (χ1) is 10.8. The maximum atomic E-state index is 13.2. The number of rotatable bonds is 4. The fourth-order valence-electron chi connectivity index (χ4n) is 2.98. The lowest BCUT2D eigenvalue weighted by Crippen LogP contribution is -2.34. The lowest BCUT2D eigenvalue weighted by atomic mass is 9.74. The third kappa shape index (κ3) is 2.83. The molecule has 2 N–H and O–H groups in total. The molecule has 1 fully saturated rings. The number of aromatic nitrogens is 3. The van der Waals surface area contributed by atoms with Crippen molar-refractivity contribution in [1.29, 1.82) is 0 Å². The molecule has 0 aliphatic heterocycles. The predicted octanol–water partition coefficient (Wildman–Crippen LogP) is 3.55. The summed E-state index contributed by atoms with van der Waals surface area (Å²) in [6.45, 7) is 3.58. The number of carbonyl (C=O) groups is 1. The van der Waals surface area contributed by atoms with Crippen LogP contribution in [0.25, 0.3) is 11.4 Å². The van der Waals surface area contributed by atoms with E-state index in [4.69, 9.17) is 0 Å². The maximum Gasteiger partial charge on any atom is 0.335 e. The predicted molar refractivity (Wildman–Crippen MR) is 79.8 cm³/mol. The molecule has 0 atom stereocenters. The molecule has 0 radical (unpaired) electrons. The molecular formula is C16H17F2N3O2. The van der Waals surface area contributed by atoms with Crippen LogP contribution in [0.5, 0.6) is 0 Å². The van der Waals surface area contributed by atoms with E-state index in [-0.39, 0.29) is 24.3 Å². The van der Waals surface area contributed by atoms with Gasteiger partial charge in [-0.05, 0) is 36.1 Å². The largest absolute Gasteiger partial charge is 0.478 e. The van der Waals surface area contributed by atoms with Gasteiger partial charge in [0.05, 0.1) is 5.56 Å². The highest BCUT2D eigenvalue weighted by Gasteiger charge is 2.46. The van der Waals surface area contributed by atoms with Crippen molar-refractivity contribution in [2.75, 3.05) is 0 Å². The van der Waals surface area contributed by atoms with E-state index in [1.165, 1.54) is 6.07 Å². The summed E-state index contributed by atoms with van der Waals surface area (Å²) in [7, 11) is 0. The van der Waals surface area contributed by atoms with E-state index in [1.807, 2.05) is 6.92 Å². The SMILES string of the molecule is CCc1nc(-c2cc(C(=O)O)c(C)c(C3CC(F)(F)C3)c2)n[nH]1. The smallest absolute Gasteiger partial charge is 0.335 e. The molecule has 0 amide bonds. The van der Waals surface area contributed by atoms with Gasteiger partial charge in [-0.15, -0.1) is 0 Å². The first kappa shape index (κ1) is 15.6. The monoisotopic (exact) mass is 321 g/mol. The topological polar surface area (TPSA) is 78.9 Å². The molecule has 1 saturated carbocycles. The summed E-state index contributed by atoms with van der Waals surface area (Å²) in [5, 5.41) is 16.3. The number of alkyl halides is 2. The van der Waals surface area contributed by atoms with Crippen molar-refractivity contribution in [3.05, 3.63) is 34.6 Å². The Morgan fingerprint density at radius 1 is 1.43 bits per heavy atom. The van der Waals surface area contributed by atoms with Crippen LogP contribution in [-0.4, -0.2) is 32.2 Å². The second kappa shape index (κ2) is 5.40. The fraction of sp³-hybridized carbons (Fsp3) is 0.438. The number of benzene rings is 1. The molecule has 1 aliphatic carbocycles. The standard InChI is InChI=1S/C16H17F2N3O2/c1-3-13-19-14(21-20-13)9-4-11(10-6-16(17,18)7-10)8(2)12(5-9)15(22)23/h4-5,10H,3,6-7H2,1-2H3,(H,22,23)(H,19,20,21). The Bertz CT molecular complexity index is 763. The Hall–Kier alpha value is -2.31. The van der Waals surface area contributed by atoms with Gasteiger partial charge >= 0.3 is 5.97 Å². The summed E-state index contributed by atoms with van der Waals surface area (Å²) in [6.07, 6.45) is 0.182. The summed E-state index contributed by atoms with van der Waals surface area (Å²) in [4.78, 5) is 15.8. The van der Waals surface area contributed by atoms with Crippen molar-refractivity contribution in [3.63, 3.8) is 0 Å². The highest BCUT2D eigenvalue weighted by atomic mass is 19.3. The van der Waals surface area contributed by atoms with Crippen LogP contribution in [0.1, 0.15) is 53.0 Å². The van der Waals surface area contributed by atoms with Gasteiger partial charge in [-0.3, -0.25) is 5.10 Å². The average Bonchev–Trinajstić information content (AvgIpc) is 2.93. The molecule has 3 rings (SSSR count). The van der Waals surface area contributed by atoms with Gasteiger partial charge in [0, 0.05) is 24.8 Å². The molecule has 0 spiro atoms. The zero-order valence-corrected chi connectivity index (χ0v) is 12.9. The zero-order valence-electron chi connectivity index (χ0n) is 12.9. The minimum atomic E-state index is -2.66. The lowest BCUT2D eigenvalue weighted by Gasteiger charge is -2.36. The van der Waals surface area contributed by atoms with Crippen molar-refractivity contribution < 1.29 is 18.7 Å². The molecule has 1 heterocycles. The Morgan fingerprint density at radius 2 is 2.13 bits per heavy atom. The first-order valence-electron chi connectivity index (χ1n) is 7.48. The van der Waals surface area contributed by atoms with Gasteiger partial charge in [-0.25, -0.2) is 18.6 Å². The number of aryl methyl sites for hydroxylation is 1. The van der Waals surface area contributed by atoms with E-state index in [0.717, 1.165) is 0 Å². The molecule has 7 heteroatoms. The van der Waals surface area contributed by atoms with Crippen molar-refractivity contribution in [2.45, 2.75) is 45.0 Å². The second-order valence-corrected chi connectivity index (χ2v) is 5.96. The van der Waals surface area contributed by atoms with Crippen LogP contribution in [0, 0.1) is 6.92 Å². The Kier molecular flexibility index (Phi) is 3.66. The summed E-state index contributed by atoms with van der Waals surface area (Å²) < 4.78 is 26.4. The van der Waals surface area contributed by atoms with Gasteiger partial charge in [-0.2, -0.15) is 5.10 Å². The number of carboxylic acid groups (broad SMARTS) is 1. The molecule has 23 heavy (non-hydrogen) atoms. The van der Waals surface area contributed by atoms with Crippen LogP contribution in [-0.2, 0) is 6.42 Å². The molecule has 0 unspecified atom stereocenters. The van der Waals surface area contributed by atoms with Gasteiger partial charge in [0.25, 0.3) is 0 Å². The highest BCUT2D eigenvalue weighted by molar-refractivity contribution is 5.91. The number of carboxylic acids is 1. The summed E-state index contributed by atoms with van der Waals surface area (Å²) >= 11 is 0. The zero-order chi connectivity index (χ0) is 16.8. The van der Waals surface area contributed by atoms with E-state index in [9.17, 15) is 18.7 Å². The summed E-state index contributed by atoms with van der Waals surface area (Å²) in [5.41, 5.74) is 1.83. The molecule has 5 nitrogen and oxygen atoms in total. The summed E-state index contributed by atoms with van der Waals surface area (Å²) in [6, 6.07) is 3.24. The normalized spacial score (nSPS) is 17.0. The lowest BCUT2D eigenvalue weighted by molar-refractivity contribution is -0.0868. The third-order valence-corrected chi connectivity index (χ3v) is 4.33. The molecule has 0 saturated heterocycles. The number of hydrogen-bond acceptors (Lipinski definition) is 3. The van der Waals surface area contributed by atoms with Crippen LogP contribution < -0.4 is 0 Å². The first-order valence-corrected chi connectivity index (χ1v) is 7.48. The van der Waals surface area contributed by atoms with Gasteiger partial charge in [0.1, 0.15) is 5.82 Å². The number of H-pyrrole nitrogens is 1. The Morgan fingerprint density at radius 3 is 2.65 bits per heavy atom. The minimum Gasteiger partial charge on any atom is -0.478 e. The van der Waals surface area contributed by atoms with Gasteiger partial charge in [0.2, 0.25) is 5.92 Å². The number of nitrogens with zero attached hydrogens (tertiary/aromatic N) is 2. The van der Waals surface area contributed by atoms with E-state index in [2.05, 4.69) is 15.2 Å². The number of aromatic carboxylic acids is 1. The second-order valence-electron chi connectivity index (χ2n) is 5.96. The quantitative estimate of drug-likeness (QED) is 0.902. The van der Waals surface area contributed by atoms with Crippen molar-refractivity contribution in [3.8, 4) is 11.4 Å². The highest BCUT2D eigenvalue weighted by Crippen LogP contribution is 2.49. The van der Waals surface area contributed by atoms with E-state index < -0.39 is 11.9 Å². The number of halogens is 2. The minimum absolute atomic E-state index is 0.107. The van der Waals surface area contributed by atoms with Crippen molar-refractivity contribution in [1.82, 2.24) is 15.2 Å². The molecule has 2 aromatic rings. The van der Waals surface area contributed by atoms with Gasteiger partial charge < -0.3 is 5.11 Å². The molecule has 0 bridgehead atoms. The number of nitrogens with one attached hydrogen (secondary N) is 1. The van der Waals surface area contributed by atoms with Crippen LogP contribution in [0.2, 0.25) is 0 Å². The van der Waals surface area contributed by atoms with Gasteiger partial charge in [0.15, 0.2) is 5.82 Å². The van der Waals surface area contributed by atoms with Crippen LogP contribution >= 0.6 is 0 Å². The van der Waals surface area contributed by atoms with E-state index >= 15 is 0 Å². The Balaban J connectivity index is 2.06. The third-order valence-electron chi connectivity index (χ3n) is 4.33. The molecule has 1 aromatic carbocycles. The molecule has 1 aliphatic rings. The molecule has 122 valence electrons. The number of hydrogen-bond donors (Lipinski definition) is 2. The Labute approximate surface area is 131 Å². The van der Waals surface area contributed by atoms with E-state index in [1.54, 1.807) is 13.0 Å². The van der Waals surface area contributed by atoms with Crippen LogP contribution in [0.4, 0.5) is 8.78 Å². The van der Waals surface area contributed by atoms with Crippen LogP contribution in [0.3, 0.4) is 0 Å². The summed E-state index contributed by atoms with van der Waals surface area (Å²) in [5.74, 6) is -2.99.